The highest BCUT2D eigenvalue weighted by atomic mass is 79.9. The van der Waals surface area contributed by atoms with Crippen molar-refractivity contribution in [3.8, 4) is 0 Å². The molecule has 0 spiro atoms. The first kappa shape index (κ1) is 23.2. The fourth-order valence-corrected chi connectivity index (χ4v) is 3.98. The van der Waals surface area contributed by atoms with Crippen LogP contribution in [-0.2, 0) is 17.9 Å². The monoisotopic (exact) mass is 528 g/mol. The van der Waals surface area contributed by atoms with E-state index >= 15 is 0 Å². The van der Waals surface area contributed by atoms with Gasteiger partial charge in [0.2, 0.25) is 5.91 Å². The maximum Gasteiger partial charge on any atom is 0.312 e. The Morgan fingerprint density at radius 3 is 2.65 bits per heavy atom. The van der Waals surface area contributed by atoms with Crippen molar-refractivity contribution >= 4 is 56.5 Å². The molecule has 0 saturated heterocycles. The highest BCUT2D eigenvalue weighted by Crippen LogP contribution is 2.26. The van der Waals surface area contributed by atoms with Gasteiger partial charge in [-0.25, -0.2) is 0 Å². The van der Waals surface area contributed by atoms with Crippen LogP contribution in [0.4, 0.5) is 11.5 Å². The van der Waals surface area contributed by atoms with Crippen LogP contribution in [0.1, 0.15) is 23.9 Å². The summed E-state index contributed by atoms with van der Waals surface area (Å²) in [7, 11) is 0. The smallest absolute Gasteiger partial charge is 0.308 e. The van der Waals surface area contributed by atoms with Crippen LogP contribution in [0.15, 0.2) is 28.9 Å². The summed E-state index contributed by atoms with van der Waals surface area (Å²) in [5, 5.41) is 23.6. The van der Waals surface area contributed by atoms with Crippen LogP contribution in [0.3, 0.4) is 0 Å². The van der Waals surface area contributed by atoms with Crippen LogP contribution < -0.4 is 5.32 Å². The molecule has 3 aromatic rings. The van der Waals surface area contributed by atoms with E-state index in [0.717, 1.165) is 5.56 Å². The SMILES string of the molecule is Cc1nn(CC(C)C(=O)Nc2nn(Cc3ccc(Cl)cc3Cl)cc2Br)c(C)c1[N+](=O)[O-]. The minimum atomic E-state index is -0.500. The van der Waals surface area contributed by atoms with Crippen LogP contribution in [-0.4, -0.2) is 30.4 Å². The third-order valence-corrected chi connectivity index (χ3v) is 5.89. The molecule has 3 rings (SSSR count). The van der Waals surface area contributed by atoms with Gasteiger partial charge in [0.25, 0.3) is 0 Å². The minimum absolute atomic E-state index is 0.0324. The lowest BCUT2D eigenvalue weighted by molar-refractivity contribution is -0.386. The standard InChI is InChI=1S/C19H19BrCl2N6O3/c1-10(7-27-12(3)17(28(30)31)11(2)24-27)19(29)23-18-15(20)9-26(25-18)8-13-4-5-14(21)6-16(13)22/h4-6,9-10H,7-8H2,1-3H3,(H,23,25,29). The number of anilines is 1. The molecule has 0 radical (unpaired) electrons. The molecule has 1 amide bonds. The maximum atomic E-state index is 12.7. The first-order valence-corrected chi connectivity index (χ1v) is 10.8. The zero-order valence-corrected chi connectivity index (χ0v) is 20.0. The first-order chi connectivity index (χ1) is 14.6. The normalized spacial score (nSPS) is 12.1. The fraction of sp³-hybridized carbons (Fsp3) is 0.316. The van der Waals surface area contributed by atoms with Crippen molar-refractivity contribution in [2.24, 2.45) is 5.92 Å². The van der Waals surface area contributed by atoms with E-state index in [1.165, 1.54) is 4.68 Å². The van der Waals surface area contributed by atoms with Crippen molar-refractivity contribution < 1.29 is 9.72 Å². The Balaban J connectivity index is 1.69. The number of carbonyl (C=O) groups excluding carboxylic acids is 1. The van der Waals surface area contributed by atoms with E-state index in [2.05, 4.69) is 31.4 Å². The zero-order chi connectivity index (χ0) is 22.9. The van der Waals surface area contributed by atoms with Crippen LogP contribution in [0, 0.1) is 29.9 Å². The van der Waals surface area contributed by atoms with Gasteiger partial charge in [0.15, 0.2) is 5.82 Å². The number of aromatic nitrogens is 4. The van der Waals surface area contributed by atoms with E-state index in [4.69, 9.17) is 23.2 Å². The number of nitrogens with zero attached hydrogens (tertiary/aromatic N) is 5. The highest BCUT2D eigenvalue weighted by Gasteiger charge is 2.24. The Morgan fingerprint density at radius 1 is 1.32 bits per heavy atom. The van der Waals surface area contributed by atoms with Gasteiger partial charge in [-0.2, -0.15) is 10.2 Å². The maximum absolute atomic E-state index is 12.7. The summed E-state index contributed by atoms with van der Waals surface area (Å²) in [6.45, 7) is 5.50. The second kappa shape index (κ2) is 9.37. The molecule has 0 saturated carbocycles. The lowest BCUT2D eigenvalue weighted by atomic mass is 10.1. The summed E-state index contributed by atoms with van der Waals surface area (Å²) in [5.41, 5.74) is 1.53. The van der Waals surface area contributed by atoms with E-state index in [-0.39, 0.29) is 18.1 Å². The molecular formula is C19H19BrCl2N6O3. The van der Waals surface area contributed by atoms with Gasteiger partial charge < -0.3 is 5.32 Å². The molecule has 31 heavy (non-hydrogen) atoms. The van der Waals surface area contributed by atoms with Gasteiger partial charge >= 0.3 is 5.69 Å². The van der Waals surface area contributed by atoms with Gasteiger partial charge in [0, 0.05) is 16.2 Å². The average Bonchev–Trinajstić information content (AvgIpc) is 3.15. The zero-order valence-electron chi connectivity index (χ0n) is 16.9. The van der Waals surface area contributed by atoms with Crippen molar-refractivity contribution in [2.45, 2.75) is 33.9 Å². The predicted molar refractivity (Wildman–Crippen MR) is 122 cm³/mol. The highest BCUT2D eigenvalue weighted by molar-refractivity contribution is 9.10. The molecule has 0 aliphatic rings. The number of amides is 1. The van der Waals surface area contributed by atoms with Gasteiger partial charge in [-0.1, -0.05) is 36.2 Å². The van der Waals surface area contributed by atoms with Crippen LogP contribution >= 0.6 is 39.1 Å². The van der Waals surface area contributed by atoms with E-state index in [1.54, 1.807) is 43.8 Å². The summed E-state index contributed by atoms with van der Waals surface area (Å²) >= 11 is 15.5. The third-order valence-electron chi connectivity index (χ3n) is 4.73. The lowest BCUT2D eigenvalue weighted by Gasteiger charge is -2.12. The second-order valence-electron chi connectivity index (χ2n) is 7.11. The molecule has 2 aromatic heterocycles. The fourth-order valence-electron chi connectivity index (χ4n) is 3.10. The Hall–Kier alpha value is -2.43. The van der Waals surface area contributed by atoms with E-state index in [0.29, 0.717) is 38.3 Å². The van der Waals surface area contributed by atoms with Crippen molar-refractivity contribution in [3.05, 3.63) is 66.0 Å². The topological polar surface area (TPSA) is 108 Å². The molecule has 1 aromatic carbocycles. The van der Waals surface area contributed by atoms with E-state index < -0.39 is 10.8 Å². The van der Waals surface area contributed by atoms with Crippen molar-refractivity contribution in [2.75, 3.05) is 5.32 Å². The number of benzene rings is 1. The summed E-state index contributed by atoms with van der Waals surface area (Å²) in [5.74, 6) is -0.424. The van der Waals surface area contributed by atoms with E-state index in [9.17, 15) is 14.9 Å². The van der Waals surface area contributed by atoms with Gasteiger partial charge in [0.1, 0.15) is 11.4 Å². The van der Waals surface area contributed by atoms with Crippen molar-refractivity contribution in [1.29, 1.82) is 0 Å². The second-order valence-corrected chi connectivity index (χ2v) is 8.81. The quantitative estimate of drug-likeness (QED) is 0.342. The Kier molecular flexibility index (Phi) is 7.03. The molecule has 164 valence electrons. The Bertz CT molecular complexity index is 1160. The largest absolute Gasteiger partial charge is 0.312 e. The Labute approximate surface area is 196 Å². The number of nitrogens with one attached hydrogen (secondary N) is 1. The van der Waals surface area contributed by atoms with Gasteiger partial charge in [-0.15, -0.1) is 0 Å². The number of aryl methyl sites for hydroxylation is 1. The van der Waals surface area contributed by atoms with Crippen LogP contribution in [0.2, 0.25) is 10.0 Å². The number of rotatable bonds is 7. The van der Waals surface area contributed by atoms with Crippen molar-refractivity contribution in [3.63, 3.8) is 0 Å². The number of carbonyl (C=O) groups is 1. The first-order valence-electron chi connectivity index (χ1n) is 9.23. The van der Waals surface area contributed by atoms with Crippen LogP contribution in [0.5, 0.6) is 0 Å². The number of hydrogen-bond acceptors (Lipinski definition) is 5. The molecule has 0 aliphatic heterocycles. The Morgan fingerprint density at radius 2 is 2.03 bits per heavy atom. The minimum Gasteiger partial charge on any atom is -0.308 e. The van der Waals surface area contributed by atoms with E-state index in [1.807, 2.05) is 6.07 Å². The molecule has 12 heteroatoms. The molecule has 0 aliphatic carbocycles. The number of hydrogen-bond donors (Lipinski definition) is 1. The van der Waals surface area contributed by atoms with Gasteiger partial charge in [-0.05, 0) is 47.5 Å². The molecule has 1 N–H and O–H groups in total. The molecule has 1 unspecified atom stereocenters. The molecule has 2 heterocycles. The summed E-state index contributed by atoms with van der Waals surface area (Å²) < 4.78 is 3.73. The van der Waals surface area contributed by atoms with Gasteiger partial charge in [-0.3, -0.25) is 24.3 Å². The molecule has 0 bridgehead atoms. The predicted octanol–water partition coefficient (Wildman–Crippen LogP) is 5.00. The number of halogens is 3. The van der Waals surface area contributed by atoms with Gasteiger partial charge in [0.05, 0.1) is 28.4 Å². The molecule has 9 nitrogen and oxygen atoms in total. The molecule has 0 fully saturated rings. The molecule has 1 atom stereocenters. The van der Waals surface area contributed by atoms with Crippen LogP contribution in [0.25, 0.3) is 0 Å². The number of nitro groups is 1. The van der Waals surface area contributed by atoms with Crippen molar-refractivity contribution in [1.82, 2.24) is 19.6 Å². The average molecular weight is 530 g/mol. The summed E-state index contributed by atoms with van der Waals surface area (Å²) in [6, 6.07) is 5.22. The molecular weight excluding hydrogens is 511 g/mol. The summed E-state index contributed by atoms with van der Waals surface area (Å²) in [6.07, 6.45) is 1.73. The lowest BCUT2D eigenvalue weighted by Crippen LogP contribution is -2.25. The third kappa shape index (κ3) is 5.25. The summed E-state index contributed by atoms with van der Waals surface area (Å²) in [4.78, 5) is 23.4.